The van der Waals surface area contributed by atoms with Gasteiger partial charge in [0, 0.05) is 31.1 Å². The van der Waals surface area contributed by atoms with Gasteiger partial charge in [-0.3, -0.25) is 4.79 Å². The van der Waals surface area contributed by atoms with E-state index in [0.29, 0.717) is 31.1 Å². The molecule has 1 saturated heterocycles. The Balaban J connectivity index is 1.84. The molecule has 2 rings (SSSR count). The number of rotatable bonds is 4. The summed E-state index contributed by atoms with van der Waals surface area (Å²) >= 11 is 1.16. The molecule has 1 amide bonds. The van der Waals surface area contributed by atoms with Crippen molar-refractivity contribution in [2.24, 2.45) is 0 Å². The lowest BCUT2D eigenvalue weighted by molar-refractivity contribution is -0.129. The number of amides is 1. The Labute approximate surface area is 128 Å². The first-order valence-electron chi connectivity index (χ1n) is 6.48. The molecular weight excluding hydrogens is 315 g/mol. The molecule has 1 aromatic rings. The summed E-state index contributed by atoms with van der Waals surface area (Å²) in [7, 11) is -3.20. The summed E-state index contributed by atoms with van der Waals surface area (Å²) < 4.78 is 37.6. The second-order valence-corrected chi connectivity index (χ2v) is 7.76. The molecule has 1 aliphatic heterocycles. The van der Waals surface area contributed by atoms with Crippen molar-refractivity contribution in [3.05, 3.63) is 30.1 Å². The molecule has 0 aromatic heterocycles. The Kier molecular flexibility index (Phi) is 5.23. The van der Waals surface area contributed by atoms with Crippen molar-refractivity contribution in [2.45, 2.75) is 4.90 Å². The van der Waals surface area contributed by atoms with Gasteiger partial charge in [-0.25, -0.2) is 12.8 Å². The summed E-state index contributed by atoms with van der Waals surface area (Å²) in [6.45, 7) is 1.39. The zero-order valence-corrected chi connectivity index (χ0v) is 13.3. The maximum atomic E-state index is 13.4. The Hall–Kier alpha value is -1.12. The average molecular weight is 332 g/mol. The molecule has 21 heavy (non-hydrogen) atoms. The van der Waals surface area contributed by atoms with Crippen LogP contribution in [0.2, 0.25) is 0 Å². The summed E-state index contributed by atoms with van der Waals surface area (Å²) in [6.07, 6.45) is 1.17. The number of carbonyl (C=O) groups excluding carboxylic acids is 1. The average Bonchev–Trinajstić information content (AvgIpc) is 2.45. The van der Waals surface area contributed by atoms with E-state index in [-0.39, 0.29) is 17.5 Å². The van der Waals surface area contributed by atoms with Gasteiger partial charge in [-0.2, -0.15) is 4.31 Å². The molecule has 8 heteroatoms. The molecule has 0 saturated carbocycles. The fourth-order valence-corrected chi connectivity index (χ4v) is 3.73. The number of hydrogen-bond acceptors (Lipinski definition) is 4. The summed E-state index contributed by atoms with van der Waals surface area (Å²) in [4.78, 5) is 14.1. The minimum absolute atomic E-state index is 0.101. The van der Waals surface area contributed by atoms with Gasteiger partial charge in [-0.1, -0.05) is 12.1 Å². The van der Waals surface area contributed by atoms with Crippen LogP contribution in [0.4, 0.5) is 4.39 Å². The van der Waals surface area contributed by atoms with Crippen molar-refractivity contribution < 1.29 is 17.6 Å². The van der Waals surface area contributed by atoms with Crippen LogP contribution in [0.15, 0.2) is 29.2 Å². The number of benzene rings is 1. The van der Waals surface area contributed by atoms with Crippen LogP contribution < -0.4 is 0 Å². The van der Waals surface area contributed by atoms with Gasteiger partial charge in [0.1, 0.15) is 5.82 Å². The smallest absolute Gasteiger partial charge is 0.233 e. The zero-order chi connectivity index (χ0) is 15.5. The highest BCUT2D eigenvalue weighted by Crippen LogP contribution is 2.21. The van der Waals surface area contributed by atoms with Crippen LogP contribution in [0.25, 0.3) is 0 Å². The van der Waals surface area contributed by atoms with E-state index in [1.54, 1.807) is 23.1 Å². The number of halogens is 1. The Morgan fingerprint density at radius 1 is 1.24 bits per heavy atom. The maximum Gasteiger partial charge on any atom is 0.233 e. The molecule has 0 bridgehead atoms. The van der Waals surface area contributed by atoms with Gasteiger partial charge in [0.05, 0.1) is 12.0 Å². The van der Waals surface area contributed by atoms with Crippen LogP contribution in [0, 0.1) is 5.82 Å². The molecule has 5 nitrogen and oxygen atoms in total. The van der Waals surface area contributed by atoms with E-state index < -0.39 is 10.0 Å². The quantitative estimate of drug-likeness (QED) is 0.773. The lowest BCUT2D eigenvalue weighted by atomic mass is 10.3. The number of thioether (sulfide) groups is 1. The number of sulfonamides is 1. The minimum atomic E-state index is -3.20. The maximum absolute atomic E-state index is 13.4. The van der Waals surface area contributed by atoms with Crippen molar-refractivity contribution in [1.82, 2.24) is 9.21 Å². The van der Waals surface area contributed by atoms with Crippen molar-refractivity contribution in [3.63, 3.8) is 0 Å². The normalized spacial score (nSPS) is 17.0. The van der Waals surface area contributed by atoms with Gasteiger partial charge in [0.2, 0.25) is 15.9 Å². The van der Waals surface area contributed by atoms with E-state index in [1.165, 1.54) is 16.6 Å². The van der Waals surface area contributed by atoms with Gasteiger partial charge in [-0.15, -0.1) is 11.8 Å². The Bertz CT molecular complexity index is 614. The molecule has 1 fully saturated rings. The predicted octanol–water partition coefficient (Wildman–Crippen LogP) is 1.02. The highest BCUT2D eigenvalue weighted by molar-refractivity contribution is 8.00. The molecule has 1 aromatic carbocycles. The van der Waals surface area contributed by atoms with Gasteiger partial charge in [0.25, 0.3) is 0 Å². The standard InChI is InChI=1S/C13H17FN2O3S2/c1-21(18,19)16-8-6-15(7-9-16)13(17)10-20-12-5-3-2-4-11(12)14/h2-5H,6-10H2,1H3. The van der Waals surface area contributed by atoms with Crippen molar-refractivity contribution in [2.75, 3.05) is 38.2 Å². The van der Waals surface area contributed by atoms with Gasteiger partial charge in [-0.05, 0) is 12.1 Å². The molecule has 0 radical (unpaired) electrons. The van der Waals surface area contributed by atoms with Crippen LogP contribution in [-0.4, -0.2) is 61.7 Å². The topological polar surface area (TPSA) is 57.7 Å². The van der Waals surface area contributed by atoms with Gasteiger partial charge >= 0.3 is 0 Å². The fraction of sp³-hybridized carbons (Fsp3) is 0.462. The Morgan fingerprint density at radius 3 is 2.43 bits per heavy atom. The first kappa shape index (κ1) is 16.3. The Morgan fingerprint density at radius 2 is 1.86 bits per heavy atom. The van der Waals surface area contributed by atoms with Gasteiger partial charge in [0.15, 0.2) is 0 Å². The fourth-order valence-electron chi connectivity index (χ4n) is 2.06. The van der Waals surface area contributed by atoms with Crippen molar-refractivity contribution >= 4 is 27.7 Å². The van der Waals surface area contributed by atoms with Crippen molar-refractivity contribution in [3.8, 4) is 0 Å². The number of nitrogens with zero attached hydrogens (tertiary/aromatic N) is 2. The largest absolute Gasteiger partial charge is 0.339 e. The van der Waals surface area contributed by atoms with Crippen LogP contribution in [0.3, 0.4) is 0 Å². The summed E-state index contributed by atoms with van der Waals surface area (Å²) in [6, 6.07) is 6.32. The molecule has 116 valence electrons. The molecule has 0 spiro atoms. The van der Waals surface area contributed by atoms with Crippen LogP contribution in [0.1, 0.15) is 0 Å². The number of carbonyl (C=O) groups is 1. The minimum Gasteiger partial charge on any atom is -0.339 e. The first-order valence-corrected chi connectivity index (χ1v) is 9.31. The molecule has 0 unspecified atom stereocenters. The molecule has 0 aliphatic carbocycles. The van der Waals surface area contributed by atoms with Crippen LogP contribution in [0.5, 0.6) is 0 Å². The second-order valence-electron chi connectivity index (χ2n) is 4.76. The SMILES string of the molecule is CS(=O)(=O)N1CCN(C(=O)CSc2ccccc2F)CC1. The molecule has 1 aliphatic rings. The highest BCUT2D eigenvalue weighted by atomic mass is 32.2. The summed E-state index contributed by atoms with van der Waals surface area (Å²) in [5, 5.41) is 0. The number of hydrogen-bond donors (Lipinski definition) is 0. The van der Waals surface area contributed by atoms with E-state index in [2.05, 4.69) is 0 Å². The van der Waals surface area contributed by atoms with E-state index in [0.717, 1.165) is 11.8 Å². The summed E-state index contributed by atoms with van der Waals surface area (Å²) in [5.74, 6) is -0.284. The molecular formula is C13H17FN2O3S2. The zero-order valence-electron chi connectivity index (χ0n) is 11.7. The lowest BCUT2D eigenvalue weighted by Crippen LogP contribution is -2.50. The lowest BCUT2D eigenvalue weighted by Gasteiger charge is -2.33. The molecule has 0 atom stereocenters. The molecule has 0 N–H and O–H groups in total. The van der Waals surface area contributed by atoms with Gasteiger partial charge < -0.3 is 4.90 Å². The third-order valence-electron chi connectivity index (χ3n) is 3.25. The third kappa shape index (κ3) is 4.42. The predicted molar refractivity (Wildman–Crippen MR) is 80.1 cm³/mol. The van der Waals surface area contributed by atoms with Crippen LogP contribution >= 0.6 is 11.8 Å². The monoisotopic (exact) mass is 332 g/mol. The van der Waals surface area contributed by atoms with E-state index in [4.69, 9.17) is 0 Å². The first-order chi connectivity index (χ1) is 9.88. The highest BCUT2D eigenvalue weighted by Gasteiger charge is 2.25. The number of piperazine rings is 1. The van der Waals surface area contributed by atoms with E-state index >= 15 is 0 Å². The second kappa shape index (κ2) is 6.76. The third-order valence-corrected chi connectivity index (χ3v) is 5.58. The van der Waals surface area contributed by atoms with Crippen LogP contribution in [-0.2, 0) is 14.8 Å². The van der Waals surface area contributed by atoms with E-state index in [1.807, 2.05) is 0 Å². The molecule has 1 heterocycles. The van der Waals surface area contributed by atoms with E-state index in [9.17, 15) is 17.6 Å². The van der Waals surface area contributed by atoms with Crippen molar-refractivity contribution in [1.29, 1.82) is 0 Å². The summed E-state index contributed by atoms with van der Waals surface area (Å²) in [5.41, 5.74) is 0.